The van der Waals surface area contributed by atoms with Gasteiger partial charge in [0.05, 0.1) is 34.9 Å². The molecule has 0 radical (unpaired) electrons. The highest BCUT2D eigenvalue weighted by Crippen LogP contribution is 2.37. The van der Waals surface area contributed by atoms with Crippen molar-refractivity contribution in [1.82, 2.24) is 9.55 Å². The quantitative estimate of drug-likeness (QED) is 0.222. The average Bonchev–Trinajstić information content (AvgIpc) is 3.54. The van der Waals surface area contributed by atoms with Crippen LogP contribution in [0.15, 0.2) is 66.7 Å². The lowest BCUT2D eigenvalue weighted by atomic mass is 10.0. The lowest BCUT2D eigenvalue weighted by Gasteiger charge is -2.32. The van der Waals surface area contributed by atoms with Gasteiger partial charge in [-0.25, -0.2) is 4.98 Å². The van der Waals surface area contributed by atoms with Gasteiger partial charge in [-0.15, -0.1) is 0 Å². The first kappa shape index (κ1) is 30.3. The van der Waals surface area contributed by atoms with Crippen LogP contribution in [0.3, 0.4) is 0 Å². The molecular formula is C33H35F3N4O3. The number of hydrogen-bond donors (Lipinski definition) is 0. The van der Waals surface area contributed by atoms with Gasteiger partial charge in [-0.1, -0.05) is 43.3 Å². The molecule has 43 heavy (non-hydrogen) atoms. The van der Waals surface area contributed by atoms with Crippen molar-refractivity contribution in [3.8, 4) is 0 Å². The summed E-state index contributed by atoms with van der Waals surface area (Å²) < 4.78 is 47.5. The molecule has 1 aromatic heterocycles. The second kappa shape index (κ2) is 12.2. The summed E-state index contributed by atoms with van der Waals surface area (Å²) in [5.74, 6) is -0.317. The van der Waals surface area contributed by atoms with Gasteiger partial charge in [0.15, 0.2) is 0 Å². The van der Waals surface area contributed by atoms with E-state index in [2.05, 4.69) is 6.92 Å². The fraction of sp³-hybridized carbons (Fsp3) is 0.364. The summed E-state index contributed by atoms with van der Waals surface area (Å²) in [5.41, 5.74) is 3.68. The number of para-hydroxylation sites is 3. The van der Waals surface area contributed by atoms with Crippen molar-refractivity contribution in [3.63, 3.8) is 0 Å². The molecule has 0 N–H and O–H groups in total. The molecular weight excluding hydrogens is 557 g/mol. The van der Waals surface area contributed by atoms with Crippen LogP contribution in [-0.2, 0) is 33.5 Å². The van der Waals surface area contributed by atoms with Crippen LogP contribution in [0.2, 0.25) is 0 Å². The molecule has 2 heterocycles. The molecule has 2 amide bonds. The topological polar surface area (TPSA) is 67.7 Å². The van der Waals surface area contributed by atoms with Crippen LogP contribution < -0.4 is 9.80 Å². The van der Waals surface area contributed by atoms with Crippen molar-refractivity contribution < 1.29 is 27.5 Å². The van der Waals surface area contributed by atoms with E-state index in [0.29, 0.717) is 17.9 Å². The summed E-state index contributed by atoms with van der Waals surface area (Å²) in [5, 5.41) is 0. The number of benzene rings is 3. The molecule has 1 aliphatic heterocycles. The predicted octanol–water partition coefficient (Wildman–Crippen LogP) is 6.51. The molecule has 2 atom stereocenters. The summed E-state index contributed by atoms with van der Waals surface area (Å²) in [6.45, 7) is 6.44. The first-order valence-electron chi connectivity index (χ1n) is 14.4. The summed E-state index contributed by atoms with van der Waals surface area (Å²) in [6.07, 6.45) is -3.71. The van der Waals surface area contributed by atoms with E-state index in [4.69, 9.17) is 9.72 Å². The van der Waals surface area contributed by atoms with E-state index in [0.717, 1.165) is 40.9 Å². The van der Waals surface area contributed by atoms with E-state index in [1.165, 1.54) is 17.0 Å². The zero-order valence-electron chi connectivity index (χ0n) is 24.7. The SMILES string of the molecule is CCc1cccc(C)c1N(C(=O)Cn1c(C2CC(=O)N(c3cccc(C(F)(F)F)c3)C2)nc2ccccc21)C(C)COC. The molecule has 7 nitrogen and oxygen atoms in total. The van der Waals surface area contributed by atoms with E-state index < -0.39 is 17.7 Å². The van der Waals surface area contributed by atoms with Gasteiger partial charge in [0, 0.05) is 31.7 Å². The van der Waals surface area contributed by atoms with Gasteiger partial charge < -0.3 is 19.1 Å². The first-order chi connectivity index (χ1) is 20.5. The van der Waals surface area contributed by atoms with Gasteiger partial charge in [0.25, 0.3) is 0 Å². The maximum atomic E-state index is 14.3. The van der Waals surface area contributed by atoms with Gasteiger partial charge in [0.2, 0.25) is 11.8 Å². The number of alkyl halides is 3. The van der Waals surface area contributed by atoms with Gasteiger partial charge in [-0.3, -0.25) is 9.59 Å². The van der Waals surface area contributed by atoms with E-state index in [1.54, 1.807) is 12.0 Å². The summed E-state index contributed by atoms with van der Waals surface area (Å²) >= 11 is 0. The Bertz CT molecular complexity index is 1650. The van der Waals surface area contributed by atoms with Gasteiger partial charge in [0.1, 0.15) is 12.4 Å². The third-order valence-corrected chi connectivity index (χ3v) is 8.01. The van der Waals surface area contributed by atoms with E-state index >= 15 is 0 Å². The lowest BCUT2D eigenvalue weighted by Crippen LogP contribution is -2.44. The number of ether oxygens (including phenoxy) is 1. The highest BCUT2D eigenvalue weighted by atomic mass is 19.4. The van der Waals surface area contributed by atoms with Gasteiger partial charge >= 0.3 is 6.18 Å². The Hall–Kier alpha value is -4.18. The zero-order chi connectivity index (χ0) is 30.9. The molecule has 0 spiro atoms. The zero-order valence-corrected chi connectivity index (χ0v) is 24.7. The van der Waals surface area contributed by atoms with E-state index in [-0.39, 0.29) is 43.1 Å². The van der Waals surface area contributed by atoms with Crippen molar-refractivity contribution in [2.75, 3.05) is 30.1 Å². The Morgan fingerprint density at radius 1 is 1.12 bits per heavy atom. The Labute approximate surface area is 248 Å². The molecule has 4 aromatic rings. The van der Waals surface area contributed by atoms with Crippen LogP contribution in [-0.4, -0.2) is 47.7 Å². The Kier molecular flexibility index (Phi) is 8.59. The highest BCUT2D eigenvalue weighted by molar-refractivity contribution is 5.98. The second-order valence-electron chi connectivity index (χ2n) is 11.0. The molecule has 0 saturated carbocycles. The number of anilines is 2. The monoisotopic (exact) mass is 592 g/mol. The number of halogens is 3. The van der Waals surface area contributed by atoms with Crippen LogP contribution in [0.5, 0.6) is 0 Å². The van der Waals surface area contributed by atoms with E-state index in [1.807, 2.05) is 60.9 Å². The Morgan fingerprint density at radius 2 is 1.86 bits per heavy atom. The molecule has 0 bridgehead atoms. The van der Waals surface area contributed by atoms with Crippen LogP contribution in [0, 0.1) is 6.92 Å². The molecule has 1 fully saturated rings. The van der Waals surface area contributed by atoms with Crippen molar-refractivity contribution in [2.45, 2.75) is 58.3 Å². The maximum absolute atomic E-state index is 14.3. The number of amides is 2. The van der Waals surface area contributed by atoms with E-state index in [9.17, 15) is 22.8 Å². The molecule has 3 aromatic carbocycles. The number of rotatable bonds is 9. The van der Waals surface area contributed by atoms with Crippen LogP contribution in [0.25, 0.3) is 11.0 Å². The average molecular weight is 593 g/mol. The smallest absolute Gasteiger partial charge is 0.383 e. The summed E-state index contributed by atoms with van der Waals surface area (Å²) in [7, 11) is 1.60. The number of carbonyl (C=O) groups is 2. The third kappa shape index (κ3) is 6.01. The fourth-order valence-corrected chi connectivity index (χ4v) is 6.02. The first-order valence-corrected chi connectivity index (χ1v) is 14.4. The Morgan fingerprint density at radius 3 is 2.58 bits per heavy atom. The Balaban J connectivity index is 1.52. The van der Waals surface area contributed by atoms with Gasteiger partial charge in [-0.05, 0) is 61.7 Å². The minimum absolute atomic E-state index is 0.0321. The normalized spacial score (nSPS) is 16.2. The molecule has 10 heteroatoms. The minimum atomic E-state index is -4.52. The van der Waals surface area contributed by atoms with Crippen molar-refractivity contribution in [2.24, 2.45) is 0 Å². The summed E-state index contributed by atoms with van der Waals surface area (Å²) in [4.78, 5) is 35.4. The van der Waals surface area contributed by atoms with Crippen LogP contribution in [0.1, 0.15) is 48.7 Å². The molecule has 226 valence electrons. The lowest BCUT2D eigenvalue weighted by molar-refractivity contribution is -0.137. The third-order valence-electron chi connectivity index (χ3n) is 8.01. The molecule has 1 aliphatic rings. The second-order valence-corrected chi connectivity index (χ2v) is 11.0. The molecule has 1 saturated heterocycles. The fourth-order valence-electron chi connectivity index (χ4n) is 6.02. The number of fused-ring (bicyclic) bond motifs is 1. The van der Waals surface area contributed by atoms with Crippen molar-refractivity contribution >= 4 is 34.2 Å². The molecule has 5 rings (SSSR count). The van der Waals surface area contributed by atoms with Crippen molar-refractivity contribution in [1.29, 1.82) is 0 Å². The number of imidazole rings is 1. The maximum Gasteiger partial charge on any atom is 0.416 e. The minimum Gasteiger partial charge on any atom is -0.383 e. The number of aryl methyl sites for hydroxylation is 2. The van der Waals surface area contributed by atoms with Gasteiger partial charge in [-0.2, -0.15) is 13.2 Å². The number of hydrogen-bond acceptors (Lipinski definition) is 4. The summed E-state index contributed by atoms with van der Waals surface area (Å²) in [6, 6.07) is 18.0. The largest absolute Gasteiger partial charge is 0.416 e. The molecule has 0 aliphatic carbocycles. The number of carbonyl (C=O) groups excluding carboxylic acids is 2. The molecule has 2 unspecified atom stereocenters. The van der Waals surface area contributed by atoms with Crippen LogP contribution in [0.4, 0.5) is 24.5 Å². The number of methoxy groups -OCH3 is 1. The predicted molar refractivity (Wildman–Crippen MR) is 160 cm³/mol. The number of aromatic nitrogens is 2. The van der Waals surface area contributed by atoms with Crippen LogP contribution >= 0.6 is 0 Å². The number of nitrogens with zero attached hydrogens (tertiary/aromatic N) is 4. The standard InChI is InChI=1S/C33H35F3N4O3/c1-5-23-11-8-10-21(2)31(23)40(22(3)20-43-4)30(42)19-39-28-15-7-6-14-27(28)37-32(39)24-16-29(41)38(18-24)26-13-9-12-25(17-26)33(34,35)36/h6-15,17,22,24H,5,16,18-20H2,1-4H3. The van der Waals surface area contributed by atoms with Crippen molar-refractivity contribution in [3.05, 3.63) is 89.2 Å². The highest BCUT2D eigenvalue weighted by Gasteiger charge is 2.37.